The normalized spacial score (nSPS) is 22.3. The molecule has 0 bridgehead atoms. The molecule has 1 aromatic carbocycles. The van der Waals surface area contributed by atoms with Gasteiger partial charge in [0, 0.05) is 16.3 Å². The molecule has 8 heteroatoms. The average Bonchev–Trinajstić information content (AvgIpc) is 2.35. The van der Waals surface area contributed by atoms with Crippen molar-refractivity contribution in [2.75, 3.05) is 5.32 Å². The monoisotopic (exact) mass is 334 g/mol. The third-order valence-corrected chi connectivity index (χ3v) is 3.27. The van der Waals surface area contributed by atoms with Crippen molar-refractivity contribution in [3.63, 3.8) is 0 Å². The summed E-state index contributed by atoms with van der Waals surface area (Å²) in [4.78, 5) is 0. The standard InChI is InChI=1S/C13H10ClF3N2OS/c1-7(20)4-5-12(13(15,16)17)9-6-8(14)2-3-10(9)18-11(21)19-12/h2-3,6-7,20H,1H3,(H2,18,19,21). The lowest BCUT2D eigenvalue weighted by Gasteiger charge is -2.38. The summed E-state index contributed by atoms with van der Waals surface area (Å²) >= 11 is 10.6. The molecule has 3 N–H and O–H groups in total. The van der Waals surface area contributed by atoms with Gasteiger partial charge in [0.1, 0.15) is 6.10 Å². The van der Waals surface area contributed by atoms with Crippen molar-refractivity contribution in [2.24, 2.45) is 0 Å². The van der Waals surface area contributed by atoms with E-state index in [0.717, 1.165) is 0 Å². The van der Waals surface area contributed by atoms with Crippen molar-refractivity contribution in [1.29, 1.82) is 0 Å². The van der Waals surface area contributed by atoms with E-state index in [1.165, 1.54) is 25.1 Å². The first-order chi connectivity index (χ1) is 9.65. The fraction of sp³-hybridized carbons (Fsp3) is 0.308. The van der Waals surface area contributed by atoms with E-state index in [1.807, 2.05) is 0 Å². The Kier molecular flexibility index (Phi) is 4.06. The van der Waals surface area contributed by atoms with Crippen LogP contribution in [0.25, 0.3) is 0 Å². The van der Waals surface area contributed by atoms with Gasteiger partial charge in [-0.2, -0.15) is 13.2 Å². The van der Waals surface area contributed by atoms with Crippen molar-refractivity contribution >= 4 is 34.6 Å². The van der Waals surface area contributed by atoms with Gasteiger partial charge >= 0.3 is 6.18 Å². The molecule has 0 amide bonds. The molecule has 0 spiro atoms. The predicted octanol–water partition coefficient (Wildman–Crippen LogP) is 2.78. The zero-order valence-corrected chi connectivity index (χ0v) is 12.2. The van der Waals surface area contributed by atoms with Crippen LogP contribution in [-0.4, -0.2) is 22.5 Å². The maximum Gasteiger partial charge on any atom is 0.427 e. The van der Waals surface area contributed by atoms with Gasteiger partial charge < -0.3 is 15.7 Å². The molecule has 1 aromatic rings. The number of halogens is 4. The fourth-order valence-electron chi connectivity index (χ4n) is 1.93. The molecule has 2 atom stereocenters. The van der Waals surface area contributed by atoms with Crippen molar-refractivity contribution < 1.29 is 18.3 Å². The van der Waals surface area contributed by atoms with Crippen LogP contribution < -0.4 is 10.6 Å². The predicted molar refractivity (Wildman–Crippen MR) is 78.0 cm³/mol. The molecular weight excluding hydrogens is 325 g/mol. The summed E-state index contributed by atoms with van der Waals surface area (Å²) in [6.45, 7) is 1.27. The van der Waals surface area contributed by atoms with Gasteiger partial charge in [-0.25, -0.2) is 0 Å². The van der Waals surface area contributed by atoms with E-state index in [2.05, 4.69) is 22.5 Å². The zero-order valence-electron chi connectivity index (χ0n) is 10.7. The third kappa shape index (κ3) is 2.93. The molecule has 2 rings (SSSR count). The summed E-state index contributed by atoms with van der Waals surface area (Å²) in [5, 5.41) is 13.9. The van der Waals surface area contributed by atoms with Crippen molar-refractivity contribution in [1.82, 2.24) is 5.32 Å². The molecule has 2 unspecified atom stereocenters. The molecule has 1 aliphatic heterocycles. The van der Waals surface area contributed by atoms with E-state index in [9.17, 15) is 18.3 Å². The smallest absolute Gasteiger partial charge is 0.381 e. The Balaban J connectivity index is 2.75. The number of fused-ring (bicyclic) bond motifs is 1. The summed E-state index contributed by atoms with van der Waals surface area (Å²) in [6, 6.07) is 4.02. The van der Waals surface area contributed by atoms with E-state index < -0.39 is 17.8 Å². The summed E-state index contributed by atoms with van der Waals surface area (Å²) in [7, 11) is 0. The molecule has 1 heterocycles. The van der Waals surface area contributed by atoms with E-state index in [0.29, 0.717) is 0 Å². The second-order valence-corrected chi connectivity index (χ2v) is 5.31. The fourth-order valence-corrected chi connectivity index (χ4v) is 2.37. The van der Waals surface area contributed by atoms with Gasteiger partial charge in [-0.05, 0) is 37.3 Å². The molecule has 0 aromatic heterocycles. The van der Waals surface area contributed by atoms with Crippen molar-refractivity contribution in [3.05, 3.63) is 28.8 Å². The highest BCUT2D eigenvalue weighted by Gasteiger charge is 2.58. The highest BCUT2D eigenvalue weighted by Crippen LogP contribution is 2.44. The summed E-state index contributed by atoms with van der Waals surface area (Å²) in [5.41, 5.74) is -2.74. The quantitative estimate of drug-likeness (QED) is 0.504. The molecule has 0 fully saturated rings. The number of aliphatic hydroxyl groups is 1. The maximum absolute atomic E-state index is 13.7. The highest BCUT2D eigenvalue weighted by molar-refractivity contribution is 7.80. The third-order valence-electron chi connectivity index (χ3n) is 2.83. The van der Waals surface area contributed by atoms with E-state index in [4.69, 9.17) is 23.8 Å². The number of thiocarbonyl (C=S) groups is 1. The number of nitrogens with one attached hydrogen (secondary N) is 2. The number of hydrogen-bond donors (Lipinski definition) is 3. The summed E-state index contributed by atoms with van der Waals surface area (Å²) in [6.07, 6.45) is -5.97. The Morgan fingerprint density at radius 2 is 2.10 bits per heavy atom. The van der Waals surface area contributed by atoms with Crippen LogP contribution >= 0.6 is 23.8 Å². The lowest BCUT2D eigenvalue weighted by atomic mass is 9.86. The van der Waals surface area contributed by atoms with E-state index in [1.54, 1.807) is 0 Å². The van der Waals surface area contributed by atoms with Gasteiger partial charge in [0.05, 0.1) is 0 Å². The first-order valence-electron chi connectivity index (χ1n) is 5.82. The number of alkyl halides is 3. The lowest BCUT2D eigenvalue weighted by Crippen LogP contribution is -2.59. The molecule has 0 radical (unpaired) electrons. The van der Waals surface area contributed by atoms with E-state index in [-0.39, 0.29) is 21.4 Å². The second kappa shape index (κ2) is 5.37. The van der Waals surface area contributed by atoms with Crippen LogP contribution in [0.5, 0.6) is 0 Å². The topological polar surface area (TPSA) is 44.3 Å². The van der Waals surface area contributed by atoms with Crippen LogP contribution in [0.15, 0.2) is 18.2 Å². The Hall–Kier alpha value is -1.49. The Morgan fingerprint density at radius 3 is 2.67 bits per heavy atom. The number of benzene rings is 1. The molecule has 0 saturated heterocycles. The van der Waals surface area contributed by atoms with E-state index >= 15 is 0 Å². The van der Waals surface area contributed by atoms with Crippen LogP contribution in [0.4, 0.5) is 18.9 Å². The number of anilines is 1. The van der Waals surface area contributed by atoms with Crippen LogP contribution in [0, 0.1) is 11.8 Å². The molecule has 112 valence electrons. The molecular formula is C13H10ClF3N2OS. The van der Waals surface area contributed by atoms with Crippen LogP contribution in [0.2, 0.25) is 5.02 Å². The minimum atomic E-state index is -4.76. The van der Waals surface area contributed by atoms with Gasteiger partial charge in [0.2, 0.25) is 5.54 Å². The van der Waals surface area contributed by atoms with Gasteiger partial charge in [-0.1, -0.05) is 23.4 Å². The lowest BCUT2D eigenvalue weighted by molar-refractivity contribution is -0.177. The summed E-state index contributed by atoms with van der Waals surface area (Å²) < 4.78 is 41.0. The number of rotatable bonds is 0. The highest BCUT2D eigenvalue weighted by atomic mass is 35.5. The van der Waals surface area contributed by atoms with Gasteiger partial charge in [-0.3, -0.25) is 0 Å². The minimum Gasteiger partial charge on any atom is -0.381 e. The zero-order chi connectivity index (χ0) is 15.8. The Bertz CT molecular complexity index is 651. The van der Waals surface area contributed by atoms with Gasteiger partial charge in [-0.15, -0.1) is 0 Å². The Labute approximate surface area is 129 Å². The van der Waals surface area contributed by atoms with Crippen molar-refractivity contribution in [2.45, 2.75) is 24.7 Å². The number of hydrogen-bond acceptors (Lipinski definition) is 2. The average molecular weight is 335 g/mol. The maximum atomic E-state index is 13.7. The molecule has 0 aliphatic carbocycles. The van der Waals surface area contributed by atoms with Crippen LogP contribution in [-0.2, 0) is 5.54 Å². The first-order valence-corrected chi connectivity index (χ1v) is 6.61. The molecule has 3 nitrogen and oxygen atoms in total. The minimum absolute atomic E-state index is 0.137. The molecule has 1 aliphatic rings. The second-order valence-electron chi connectivity index (χ2n) is 4.46. The first kappa shape index (κ1) is 15.9. The summed E-state index contributed by atoms with van der Waals surface area (Å²) in [5.74, 6) is 4.20. The number of aliphatic hydroxyl groups excluding tert-OH is 1. The van der Waals surface area contributed by atoms with Crippen LogP contribution in [0.3, 0.4) is 0 Å². The SMILES string of the molecule is CC(O)C#CC1(C(F)(F)F)NC(=S)Nc2ccc(Cl)cc21. The van der Waals surface area contributed by atoms with Crippen molar-refractivity contribution in [3.8, 4) is 11.8 Å². The van der Waals surface area contributed by atoms with Crippen LogP contribution in [0.1, 0.15) is 12.5 Å². The Morgan fingerprint density at radius 1 is 1.43 bits per heavy atom. The molecule has 0 saturated carbocycles. The molecule has 21 heavy (non-hydrogen) atoms. The largest absolute Gasteiger partial charge is 0.427 e. The van der Waals surface area contributed by atoms with Gasteiger partial charge in [0.25, 0.3) is 0 Å². The van der Waals surface area contributed by atoms with Gasteiger partial charge in [0.15, 0.2) is 5.11 Å².